The Balaban J connectivity index is 2.02. The number of hydrogen-bond donors (Lipinski definition) is 4. The van der Waals surface area contributed by atoms with Gasteiger partial charge in [0, 0.05) is 11.6 Å². The lowest BCUT2D eigenvalue weighted by Gasteiger charge is -2.32. The molecule has 0 aromatic carbocycles. The third kappa shape index (κ3) is 2.97. The zero-order chi connectivity index (χ0) is 14.2. The molecule has 4 nitrogen and oxygen atoms in total. The zero-order valence-corrected chi connectivity index (χ0v) is 11.8. The summed E-state index contributed by atoms with van der Waals surface area (Å²) in [6, 6.07) is -0.0444. The Hall–Kier alpha value is -0.165. The topological polar surface area (TPSA) is 78.5 Å². The predicted molar refractivity (Wildman–Crippen MR) is 74.3 cm³/mol. The van der Waals surface area contributed by atoms with E-state index in [0.29, 0.717) is 18.7 Å². The van der Waals surface area contributed by atoms with Crippen molar-refractivity contribution >= 4 is 7.12 Å². The molecule has 0 radical (unpaired) electrons. The van der Waals surface area contributed by atoms with Gasteiger partial charge in [-0.15, -0.1) is 0 Å². The maximum Gasteiger partial charge on any atom is 0.451 e. The molecular formula is C13H26BFN2O2. The Kier molecular flexibility index (Phi) is 4.55. The van der Waals surface area contributed by atoms with Gasteiger partial charge in [0.15, 0.2) is 0 Å². The SMILES string of the molecule is CN[C@H]1C[C@@H]2C[C@](C)(N)[C@@H](CCCB(O)O)[C@@H]2[C@H]1F. The van der Waals surface area contributed by atoms with Gasteiger partial charge in [-0.05, 0) is 57.3 Å². The Morgan fingerprint density at radius 2 is 2.16 bits per heavy atom. The summed E-state index contributed by atoms with van der Waals surface area (Å²) in [5, 5.41) is 20.9. The molecule has 2 saturated carbocycles. The van der Waals surface area contributed by atoms with E-state index in [9.17, 15) is 4.39 Å². The molecule has 19 heavy (non-hydrogen) atoms. The molecule has 0 aromatic rings. The lowest BCUT2D eigenvalue weighted by Crippen LogP contribution is -2.45. The molecule has 2 aliphatic rings. The second-order valence-electron chi connectivity index (χ2n) is 6.64. The van der Waals surface area contributed by atoms with E-state index in [-0.39, 0.29) is 23.4 Å². The van der Waals surface area contributed by atoms with Gasteiger partial charge in [0.25, 0.3) is 0 Å². The maximum absolute atomic E-state index is 14.5. The van der Waals surface area contributed by atoms with Crippen LogP contribution >= 0.6 is 0 Å². The van der Waals surface area contributed by atoms with Crippen molar-refractivity contribution in [2.24, 2.45) is 23.5 Å². The fourth-order valence-corrected chi connectivity index (χ4v) is 4.39. The fourth-order valence-electron chi connectivity index (χ4n) is 4.39. The van der Waals surface area contributed by atoms with Crippen molar-refractivity contribution < 1.29 is 14.4 Å². The minimum atomic E-state index is -1.27. The van der Waals surface area contributed by atoms with Crippen LogP contribution in [-0.4, -0.2) is 42.0 Å². The van der Waals surface area contributed by atoms with E-state index in [2.05, 4.69) is 5.32 Å². The van der Waals surface area contributed by atoms with Crippen LogP contribution < -0.4 is 11.1 Å². The van der Waals surface area contributed by atoms with Crippen LogP contribution in [-0.2, 0) is 0 Å². The second-order valence-corrected chi connectivity index (χ2v) is 6.64. The molecule has 0 spiro atoms. The van der Waals surface area contributed by atoms with Crippen LogP contribution in [0.1, 0.15) is 32.6 Å². The average Bonchev–Trinajstić information content (AvgIpc) is 2.73. The summed E-state index contributed by atoms with van der Waals surface area (Å²) in [6.45, 7) is 2.02. The van der Waals surface area contributed by atoms with E-state index >= 15 is 0 Å². The van der Waals surface area contributed by atoms with Crippen molar-refractivity contribution in [2.45, 2.75) is 56.7 Å². The summed E-state index contributed by atoms with van der Waals surface area (Å²) >= 11 is 0. The van der Waals surface area contributed by atoms with Gasteiger partial charge < -0.3 is 21.1 Å². The van der Waals surface area contributed by atoms with Crippen molar-refractivity contribution in [1.82, 2.24) is 5.32 Å². The number of hydrogen-bond acceptors (Lipinski definition) is 4. The van der Waals surface area contributed by atoms with E-state index in [4.69, 9.17) is 15.8 Å². The van der Waals surface area contributed by atoms with Crippen LogP contribution in [0.5, 0.6) is 0 Å². The zero-order valence-electron chi connectivity index (χ0n) is 11.8. The molecule has 2 fully saturated rings. The summed E-state index contributed by atoms with van der Waals surface area (Å²) in [5.74, 6) is 0.541. The summed E-state index contributed by atoms with van der Waals surface area (Å²) in [4.78, 5) is 0. The average molecular weight is 272 g/mol. The third-order valence-electron chi connectivity index (χ3n) is 5.22. The Bertz CT molecular complexity index is 317. The van der Waals surface area contributed by atoms with Crippen LogP contribution in [0.25, 0.3) is 0 Å². The molecule has 5 N–H and O–H groups in total. The summed E-state index contributed by atoms with van der Waals surface area (Å²) in [6.07, 6.45) is 2.73. The van der Waals surface area contributed by atoms with E-state index in [0.717, 1.165) is 19.3 Å². The lowest BCUT2D eigenvalue weighted by molar-refractivity contribution is 0.148. The summed E-state index contributed by atoms with van der Waals surface area (Å²) in [5.41, 5.74) is 6.05. The van der Waals surface area contributed by atoms with Crippen molar-refractivity contribution in [2.75, 3.05) is 7.05 Å². The highest BCUT2D eigenvalue weighted by Gasteiger charge is 2.56. The lowest BCUT2D eigenvalue weighted by atomic mass is 9.76. The normalized spacial score (nSPS) is 45.5. The van der Waals surface area contributed by atoms with Gasteiger partial charge in [0.1, 0.15) is 6.17 Å². The molecule has 110 valence electrons. The van der Waals surface area contributed by atoms with E-state index in [1.54, 1.807) is 0 Å². The van der Waals surface area contributed by atoms with Gasteiger partial charge in [-0.1, -0.05) is 6.42 Å². The Morgan fingerprint density at radius 1 is 1.47 bits per heavy atom. The van der Waals surface area contributed by atoms with Gasteiger partial charge in [0.05, 0.1) is 0 Å². The fraction of sp³-hybridized carbons (Fsp3) is 1.00. The minimum Gasteiger partial charge on any atom is -0.427 e. The Labute approximate surface area is 115 Å². The van der Waals surface area contributed by atoms with E-state index in [1.807, 2.05) is 14.0 Å². The highest BCUT2D eigenvalue weighted by molar-refractivity contribution is 6.40. The van der Waals surface area contributed by atoms with Crippen molar-refractivity contribution in [3.8, 4) is 0 Å². The van der Waals surface area contributed by atoms with Crippen molar-refractivity contribution in [3.05, 3.63) is 0 Å². The van der Waals surface area contributed by atoms with Crippen LogP contribution in [0.3, 0.4) is 0 Å². The first-order valence-corrected chi connectivity index (χ1v) is 7.33. The van der Waals surface area contributed by atoms with Crippen LogP contribution in [0, 0.1) is 17.8 Å². The Morgan fingerprint density at radius 3 is 2.74 bits per heavy atom. The molecule has 2 rings (SSSR count). The van der Waals surface area contributed by atoms with Crippen LogP contribution in [0.15, 0.2) is 0 Å². The monoisotopic (exact) mass is 272 g/mol. The summed E-state index contributed by atoms with van der Waals surface area (Å²) in [7, 11) is 0.549. The van der Waals surface area contributed by atoms with Gasteiger partial charge in [-0.2, -0.15) is 0 Å². The van der Waals surface area contributed by atoms with Gasteiger partial charge in [-0.3, -0.25) is 0 Å². The first-order chi connectivity index (χ1) is 8.86. The first kappa shape index (κ1) is 15.2. The molecule has 6 heteroatoms. The second kappa shape index (κ2) is 5.68. The van der Waals surface area contributed by atoms with Gasteiger partial charge in [-0.25, -0.2) is 4.39 Å². The minimum absolute atomic E-state index is 0.0308. The summed E-state index contributed by atoms with van der Waals surface area (Å²) < 4.78 is 14.5. The molecule has 6 atom stereocenters. The number of nitrogens with one attached hydrogen (secondary N) is 1. The quantitative estimate of drug-likeness (QED) is 0.551. The van der Waals surface area contributed by atoms with Gasteiger partial charge >= 0.3 is 7.12 Å². The van der Waals surface area contributed by atoms with Crippen molar-refractivity contribution in [3.63, 3.8) is 0 Å². The number of fused-ring (bicyclic) bond motifs is 1. The molecule has 0 aromatic heterocycles. The third-order valence-corrected chi connectivity index (χ3v) is 5.22. The number of rotatable bonds is 5. The number of alkyl halides is 1. The van der Waals surface area contributed by atoms with E-state index < -0.39 is 13.3 Å². The number of halogens is 1. The maximum atomic E-state index is 14.5. The molecule has 0 amide bonds. The molecule has 0 saturated heterocycles. The molecule has 0 aliphatic heterocycles. The predicted octanol–water partition coefficient (Wildman–Crippen LogP) is 0.539. The standard InChI is InChI=1S/C13H26BFN2O2/c1-13(16)7-8-6-10(17-2)12(15)11(8)9(13)4-3-5-14(18)19/h8-12,17-19H,3-7,16H2,1-2H3/t8-,9+,10+,11-,12+,13+/m1/s1. The van der Waals surface area contributed by atoms with Gasteiger partial charge in [0.2, 0.25) is 0 Å². The molecule has 0 unspecified atom stereocenters. The van der Waals surface area contributed by atoms with Crippen molar-refractivity contribution in [1.29, 1.82) is 0 Å². The molecule has 2 aliphatic carbocycles. The molecule has 0 heterocycles. The number of nitrogens with two attached hydrogens (primary N) is 1. The largest absolute Gasteiger partial charge is 0.451 e. The molecule has 0 bridgehead atoms. The smallest absolute Gasteiger partial charge is 0.427 e. The van der Waals surface area contributed by atoms with Crippen LogP contribution in [0.2, 0.25) is 6.32 Å². The highest BCUT2D eigenvalue weighted by atomic mass is 19.1. The molecular weight excluding hydrogens is 246 g/mol. The van der Waals surface area contributed by atoms with Crippen LogP contribution in [0.4, 0.5) is 4.39 Å². The van der Waals surface area contributed by atoms with E-state index in [1.165, 1.54) is 0 Å². The first-order valence-electron chi connectivity index (χ1n) is 7.33. The highest BCUT2D eigenvalue weighted by Crippen LogP contribution is 2.54.